The van der Waals surface area contributed by atoms with Crippen molar-refractivity contribution in [1.82, 2.24) is 10.2 Å². The maximum atomic E-state index is 12.7. The number of hydrogen-bond donors (Lipinski definition) is 2. The number of benzene rings is 1. The van der Waals surface area contributed by atoms with Gasteiger partial charge in [-0.25, -0.2) is 4.79 Å². The zero-order valence-corrected chi connectivity index (χ0v) is 14.8. The van der Waals surface area contributed by atoms with Crippen molar-refractivity contribution in [1.29, 1.82) is 0 Å². The molecule has 3 amide bonds. The predicted molar refractivity (Wildman–Crippen MR) is 97.9 cm³/mol. The molecule has 1 aromatic carbocycles. The number of nitrogens with one attached hydrogen (secondary N) is 1. The minimum absolute atomic E-state index is 0.00917. The summed E-state index contributed by atoms with van der Waals surface area (Å²) in [6.45, 7) is 1.18. The van der Waals surface area contributed by atoms with E-state index in [1.165, 1.54) is 24.8 Å². The smallest absolute Gasteiger partial charge is 0.314 e. The fourth-order valence-electron chi connectivity index (χ4n) is 4.22. The van der Waals surface area contributed by atoms with Gasteiger partial charge < -0.3 is 16.0 Å². The van der Waals surface area contributed by atoms with Gasteiger partial charge in [-0.05, 0) is 43.6 Å². The lowest BCUT2D eigenvalue weighted by atomic mass is 9.80. The lowest BCUT2D eigenvalue weighted by molar-refractivity contribution is -0.127. The summed E-state index contributed by atoms with van der Waals surface area (Å²) in [5.74, 6) is 0.690. The zero-order chi connectivity index (χ0) is 17.6. The quantitative estimate of drug-likeness (QED) is 0.882. The number of primary amides is 1. The number of urea groups is 1. The van der Waals surface area contributed by atoms with Crippen LogP contribution >= 0.6 is 0 Å². The van der Waals surface area contributed by atoms with Gasteiger partial charge in [-0.2, -0.15) is 0 Å². The minimum atomic E-state index is -0.380. The van der Waals surface area contributed by atoms with Crippen LogP contribution in [0.1, 0.15) is 44.1 Å². The normalized spacial score (nSPS) is 24.7. The third-order valence-corrected chi connectivity index (χ3v) is 5.75. The Kier molecular flexibility index (Phi) is 5.95. The van der Waals surface area contributed by atoms with Crippen LogP contribution in [0.4, 0.5) is 4.79 Å². The van der Waals surface area contributed by atoms with E-state index in [2.05, 4.69) is 29.6 Å². The van der Waals surface area contributed by atoms with Crippen LogP contribution < -0.4 is 11.1 Å². The van der Waals surface area contributed by atoms with E-state index in [1.54, 1.807) is 4.90 Å². The third-order valence-electron chi connectivity index (χ3n) is 5.75. The maximum Gasteiger partial charge on any atom is 0.314 e. The molecular formula is C20H29N3O2. The first-order valence-corrected chi connectivity index (χ1v) is 9.52. The van der Waals surface area contributed by atoms with Crippen molar-refractivity contribution in [3.8, 4) is 0 Å². The molecule has 1 aliphatic heterocycles. The first kappa shape index (κ1) is 17.8. The Hall–Kier alpha value is -2.04. The van der Waals surface area contributed by atoms with E-state index in [4.69, 9.17) is 5.73 Å². The zero-order valence-electron chi connectivity index (χ0n) is 14.8. The fraction of sp³-hybridized carbons (Fsp3) is 0.600. The predicted octanol–water partition coefficient (Wildman–Crippen LogP) is 2.69. The third kappa shape index (κ3) is 4.74. The number of carbonyl (C=O) groups excluding carboxylic acids is 2. The van der Waals surface area contributed by atoms with Crippen molar-refractivity contribution < 1.29 is 9.59 Å². The van der Waals surface area contributed by atoms with Gasteiger partial charge in [0.15, 0.2) is 0 Å². The van der Waals surface area contributed by atoms with E-state index in [1.807, 2.05) is 6.07 Å². The van der Waals surface area contributed by atoms with Crippen molar-refractivity contribution in [3.63, 3.8) is 0 Å². The molecule has 1 aliphatic carbocycles. The summed E-state index contributed by atoms with van der Waals surface area (Å²) >= 11 is 0. The van der Waals surface area contributed by atoms with Gasteiger partial charge in [0, 0.05) is 25.0 Å². The summed E-state index contributed by atoms with van der Waals surface area (Å²) in [5, 5.41) is 3.33. The lowest BCUT2D eigenvalue weighted by Gasteiger charge is -2.35. The Labute approximate surface area is 150 Å². The van der Waals surface area contributed by atoms with Gasteiger partial charge in [-0.3, -0.25) is 4.79 Å². The Balaban J connectivity index is 1.54. The van der Waals surface area contributed by atoms with Crippen molar-refractivity contribution >= 4 is 11.9 Å². The first-order chi connectivity index (χ1) is 12.1. The maximum absolute atomic E-state index is 12.7. The number of piperidine rings is 1. The first-order valence-electron chi connectivity index (χ1n) is 9.52. The molecule has 0 bridgehead atoms. The highest BCUT2D eigenvalue weighted by Gasteiger charge is 2.31. The van der Waals surface area contributed by atoms with Crippen LogP contribution in [-0.4, -0.2) is 36.0 Å². The molecule has 3 N–H and O–H groups in total. The van der Waals surface area contributed by atoms with Gasteiger partial charge in [0.25, 0.3) is 0 Å². The summed E-state index contributed by atoms with van der Waals surface area (Å²) in [5.41, 5.74) is 6.67. The monoisotopic (exact) mass is 343 g/mol. The van der Waals surface area contributed by atoms with E-state index in [0.717, 1.165) is 12.8 Å². The molecule has 0 radical (unpaired) electrons. The number of likely N-dealkylation sites (tertiary alicyclic amines) is 1. The molecule has 136 valence electrons. The number of carbonyl (C=O) groups is 2. The highest BCUT2D eigenvalue weighted by molar-refractivity contribution is 5.79. The van der Waals surface area contributed by atoms with E-state index in [-0.39, 0.29) is 23.9 Å². The SMILES string of the molecule is NC(=O)N1CCC(C(=O)N[C@@H]2CCCC[C@@H]2Cc2ccccc2)CC1. The second-order valence-electron chi connectivity index (χ2n) is 7.45. The molecule has 3 rings (SSSR count). The molecule has 1 saturated carbocycles. The molecule has 1 heterocycles. The molecule has 2 aliphatic rings. The molecule has 1 saturated heterocycles. The van der Waals surface area contributed by atoms with Crippen LogP contribution in [0, 0.1) is 11.8 Å². The van der Waals surface area contributed by atoms with E-state index < -0.39 is 0 Å². The highest BCUT2D eigenvalue weighted by atomic mass is 16.2. The summed E-state index contributed by atoms with van der Waals surface area (Å²) in [4.78, 5) is 25.5. The molecule has 2 fully saturated rings. The molecule has 25 heavy (non-hydrogen) atoms. The number of rotatable bonds is 4. The van der Waals surface area contributed by atoms with Crippen LogP contribution in [0.5, 0.6) is 0 Å². The fourth-order valence-corrected chi connectivity index (χ4v) is 4.22. The molecule has 1 aromatic rings. The molecule has 0 spiro atoms. The molecule has 5 heteroatoms. The standard InChI is InChI=1S/C20H29N3O2/c21-20(25)23-12-10-16(11-13-23)19(24)22-18-9-5-4-8-17(18)14-15-6-2-1-3-7-15/h1-3,6-7,16-18H,4-5,8-14H2,(H2,21,25)(H,22,24)/t17-,18-/m1/s1. The molecule has 0 unspecified atom stereocenters. The number of nitrogens with two attached hydrogens (primary N) is 1. The number of amides is 3. The summed E-state index contributed by atoms with van der Waals surface area (Å²) < 4.78 is 0. The largest absolute Gasteiger partial charge is 0.353 e. The van der Waals surface area contributed by atoms with Crippen LogP contribution in [0.3, 0.4) is 0 Å². The Morgan fingerprint density at radius 1 is 1.04 bits per heavy atom. The molecule has 0 aromatic heterocycles. The topological polar surface area (TPSA) is 75.4 Å². The molecule has 2 atom stereocenters. The average Bonchev–Trinajstić information content (AvgIpc) is 2.64. The second-order valence-corrected chi connectivity index (χ2v) is 7.45. The van der Waals surface area contributed by atoms with Crippen LogP contribution in [-0.2, 0) is 11.2 Å². The Morgan fingerprint density at radius 3 is 2.40 bits per heavy atom. The molecule has 5 nitrogen and oxygen atoms in total. The second kappa shape index (κ2) is 8.37. The van der Waals surface area contributed by atoms with Crippen LogP contribution in [0.15, 0.2) is 30.3 Å². The van der Waals surface area contributed by atoms with Gasteiger partial charge in [0.2, 0.25) is 5.91 Å². The van der Waals surface area contributed by atoms with Crippen molar-refractivity contribution in [2.75, 3.05) is 13.1 Å². The minimum Gasteiger partial charge on any atom is -0.353 e. The van der Waals surface area contributed by atoms with Gasteiger partial charge in [0.05, 0.1) is 0 Å². The van der Waals surface area contributed by atoms with Gasteiger partial charge in [-0.1, -0.05) is 43.2 Å². The van der Waals surface area contributed by atoms with E-state index >= 15 is 0 Å². The number of hydrogen-bond acceptors (Lipinski definition) is 2. The van der Waals surface area contributed by atoms with E-state index in [9.17, 15) is 9.59 Å². The Morgan fingerprint density at radius 2 is 1.72 bits per heavy atom. The van der Waals surface area contributed by atoms with E-state index in [0.29, 0.717) is 31.8 Å². The Bertz CT molecular complexity index is 582. The van der Waals surface area contributed by atoms with Crippen LogP contribution in [0.2, 0.25) is 0 Å². The molecular weight excluding hydrogens is 314 g/mol. The summed E-state index contributed by atoms with van der Waals surface area (Å²) in [7, 11) is 0. The van der Waals surface area contributed by atoms with Gasteiger partial charge in [-0.15, -0.1) is 0 Å². The van der Waals surface area contributed by atoms with Gasteiger partial charge >= 0.3 is 6.03 Å². The van der Waals surface area contributed by atoms with Crippen molar-refractivity contribution in [2.24, 2.45) is 17.6 Å². The average molecular weight is 343 g/mol. The van der Waals surface area contributed by atoms with Crippen LogP contribution in [0.25, 0.3) is 0 Å². The lowest BCUT2D eigenvalue weighted by Crippen LogP contribution is -2.49. The van der Waals surface area contributed by atoms with Gasteiger partial charge in [0.1, 0.15) is 0 Å². The summed E-state index contributed by atoms with van der Waals surface area (Å²) in [6, 6.07) is 10.4. The van der Waals surface area contributed by atoms with Crippen molar-refractivity contribution in [3.05, 3.63) is 35.9 Å². The summed E-state index contributed by atoms with van der Waals surface area (Å²) in [6.07, 6.45) is 7.15. The highest BCUT2D eigenvalue weighted by Crippen LogP contribution is 2.28. The number of nitrogens with zero attached hydrogens (tertiary/aromatic N) is 1. The van der Waals surface area contributed by atoms with Crippen molar-refractivity contribution in [2.45, 2.75) is 51.0 Å².